The van der Waals surface area contributed by atoms with E-state index in [9.17, 15) is 4.79 Å². The second-order valence-electron chi connectivity index (χ2n) is 8.13. The maximum Gasteiger partial charge on any atom is 0.274 e. The van der Waals surface area contributed by atoms with Crippen molar-refractivity contribution >= 4 is 5.91 Å². The molecule has 0 bridgehead atoms. The summed E-state index contributed by atoms with van der Waals surface area (Å²) in [6.45, 7) is 7.36. The molecular formula is C22H32N4O2. The van der Waals surface area contributed by atoms with Gasteiger partial charge in [-0.05, 0) is 58.1 Å². The molecule has 0 aromatic carbocycles. The summed E-state index contributed by atoms with van der Waals surface area (Å²) >= 11 is 0. The lowest BCUT2D eigenvalue weighted by Crippen LogP contribution is -2.36. The van der Waals surface area contributed by atoms with Gasteiger partial charge in [-0.2, -0.15) is 5.10 Å². The van der Waals surface area contributed by atoms with Crippen molar-refractivity contribution in [1.82, 2.24) is 20.0 Å². The molecule has 1 atom stereocenters. The van der Waals surface area contributed by atoms with Crippen LogP contribution in [0.5, 0.6) is 0 Å². The summed E-state index contributed by atoms with van der Waals surface area (Å²) in [5.74, 6) is 2.04. The zero-order chi connectivity index (χ0) is 19.5. The first kappa shape index (κ1) is 19.2. The van der Waals surface area contributed by atoms with Gasteiger partial charge in [0.2, 0.25) is 0 Å². The third-order valence-corrected chi connectivity index (χ3v) is 6.10. The summed E-state index contributed by atoms with van der Waals surface area (Å²) in [5, 5.41) is 8.37. The molecule has 1 aliphatic carbocycles. The van der Waals surface area contributed by atoms with Gasteiger partial charge in [0, 0.05) is 36.9 Å². The summed E-state index contributed by atoms with van der Waals surface area (Å²) in [6, 6.07) is 4.38. The minimum Gasteiger partial charge on any atom is -0.465 e. The fourth-order valence-electron chi connectivity index (χ4n) is 4.54. The number of carbonyl (C=O) groups excluding carboxylic acids is 1. The maximum absolute atomic E-state index is 13.3. The number of fused-ring (bicyclic) bond motifs is 1. The first-order valence-electron chi connectivity index (χ1n) is 10.8. The number of nitrogens with zero attached hydrogens (tertiary/aromatic N) is 3. The Bertz CT molecular complexity index is 815. The van der Waals surface area contributed by atoms with E-state index in [1.807, 2.05) is 28.6 Å². The molecule has 2 aromatic heterocycles. The summed E-state index contributed by atoms with van der Waals surface area (Å²) in [4.78, 5) is 15.3. The third-order valence-electron chi connectivity index (χ3n) is 6.10. The van der Waals surface area contributed by atoms with Gasteiger partial charge in [0.05, 0.1) is 6.54 Å². The third kappa shape index (κ3) is 4.02. The molecule has 4 rings (SSSR count). The van der Waals surface area contributed by atoms with E-state index in [1.54, 1.807) is 0 Å². The standard InChI is InChI=1S/C22H32N4O2/c1-3-26-20-11-9-17(23-15-18-10-8-16(2)28-18)14-19(20)21(24-26)22(27)25-12-6-4-5-7-13-25/h8,10,17,23H,3-7,9,11-15H2,1-2H3/t17-/m1/s1. The van der Waals surface area contributed by atoms with Crippen LogP contribution in [0.2, 0.25) is 0 Å². The number of hydrogen-bond donors (Lipinski definition) is 1. The fraction of sp³-hybridized carbons (Fsp3) is 0.636. The molecule has 2 aromatic rings. The zero-order valence-corrected chi connectivity index (χ0v) is 17.2. The predicted molar refractivity (Wildman–Crippen MR) is 108 cm³/mol. The Balaban J connectivity index is 1.50. The van der Waals surface area contributed by atoms with Crippen molar-refractivity contribution in [2.45, 2.75) is 77.9 Å². The molecule has 0 unspecified atom stereocenters. The van der Waals surface area contributed by atoms with Gasteiger partial charge in [0.25, 0.3) is 5.91 Å². The van der Waals surface area contributed by atoms with Gasteiger partial charge in [-0.3, -0.25) is 9.48 Å². The number of rotatable bonds is 5. The summed E-state index contributed by atoms with van der Waals surface area (Å²) in [5.41, 5.74) is 3.11. The van der Waals surface area contributed by atoms with E-state index in [0.717, 1.165) is 75.4 Å². The maximum atomic E-state index is 13.3. The van der Waals surface area contributed by atoms with Crippen molar-refractivity contribution in [3.8, 4) is 0 Å². The Morgan fingerprint density at radius 1 is 1.25 bits per heavy atom. The van der Waals surface area contributed by atoms with Crippen LogP contribution in [0.3, 0.4) is 0 Å². The number of amides is 1. The van der Waals surface area contributed by atoms with Crippen LogP contribution in [0, 0.1) is 6.92 Å². The van der Waals surface area contributed by atoms with Gasteiger partial charge in [0.1, 0.15) is 11.5 Å². The van der Waals surface area contributed by atoms with E-state index in [-0.39, 0.29) is 5.91 Å². The van der Waals surface area contributed by atoms with Crippen LogP contribution >= 0.6 is 0 Å². The number of carbonyl (C=O) groups is 1. The van der Waals surface area contributed by atoms with Crippen LogP contribution in [-0.4, -0.2) is 39.7 Å². The van der Waals surface area contributed by atoms with Crippen molar-refractivity contribution in [1.29, 1.82) is 0 Å². The largest absolute Gasteiger partial charge is 0.465 e. The monoisotopic (exact) mass is 384 g/mol. The van der Waals surface area contributed by atoms with Gasteiger partial charge >= 0.3 is 0 Å². The Kier molecular flexibility index (Phi) is 5.85. The van der Waals surface area contributed by atoms with Gasteiger partial charge in [-0.15, -0.1) is 0 Å². The summed E-state index contributed by atoms with van der Waals surface area (Å²) in [7, 11) is 0. The molecule has 1 fully saturated rings. The number of furan rings is 1. The molecule has 0 spiro atoms. The van der Waals surface area contributed by atoms with Crippen molar-refractivity contribution < 1.29 is 9.21 Å². The van der Waals surface area contributed by atoms with E-state index in [4.69, 9.17) is 9.52 Å². The fourth-order valence-corrected chi connectivity index (χ4v) is 4.54. The smallest absolute Gasteiger partial charge is 0.274 e. The zero-order valence-electron chi connectivity index (χ0n) is 17.2. The molecule has 1 saturated heterocycles. The van der Waals surface area contributed by atoms with E-state index >= 15 is 0 Å². The minimum atomic E-state index is 0.132. The molecule has 1 aliphatic heterocycles. The molecule has 2 aliphatic rings. The molecule has 0 radical (unpaired) electrons. The highest BCUT2D eigenvalue weighted by atomic mass is 16.3. The van der Waals surface area contributed by atoms with Crippen molar-refractivity contribution in [3.05, 3.63) is 40.6 Å². The lowest BCUT2D eigenvalue weighted by Gasteiger charge is -2.25. The second-order valence-corrected chi connectivity index (χ2v) is 8.13. The highest BCUT2D eigenvalue weighted by molar-refractivity contribution is 5.94. The lowest BCUT2D eigenvalue weighted by atomic mass is 9.91. The molecule has 28 heavy (non-hydrogen) atoms. The van der Waals surface area contributed by atoms with Crippen LogP contribution in [0.4, 0.5) is 0 Å². The van der Waals surface area contributed by atoms with Gasteiger partial charge in [-0.25, -0.2) is 0 Å². The lowest BCUT2D eigenvalue weighted by molar-refractivity contribution is 0.0753. The first-order chi connectivity index (χ1) is 13.7. The quantitative estimate of drug-likeness (QED) is 0.857. The molecule has 6 nitrogen and oxygen atoms in total. The number of hydrogen-bond acceptors (Lipinski definition) is 4. The summed E-state index contributed by atoms with van der Waals surface area (Å²) < 4.78 is 7.73. The number of nitrogens with one attached hydrogen (secondary N) is 1. The van der Waals surface area contributed by atoms with Gasteiger partial charge < -0.3 is 14.6 Å². The molecule has 1 amide bonds. The topological polar surface area (TPSA) is 63.3 Å². The normalized spacial score (nSPS) is 20.1. The van der Waals surface area contributed by atoms with Crippen LogP contribution in [-0.2, 0) is 25.9 Å². The molecule has 3 heterocycles. The molecule has 0 saturated carbocycles. The number of likely N-dealkylation sites (tertiary alicyclic amines) is 1. The van der Waals surface area contributed by atoms with E-state index in [1.165, 1.54) is 18.5 Å². The second kappa shape index (κ2) is 8.52. The first-order valence-corrected chi connectivity index (χ1v) is 10.8. The van der Waals surface area contributed by atoms with Gasteiger partial charge in [-0.1, -0.05) is 12.8 Å². The van der Waals surface area contributed by atoms with Crippen LogP contribution in [0.25, 0.3) is 0 Å². The SMILES string of the molecule is CCn1nc(C(=O)N2CCCCCC2)c2c1CC[C@@H](NCc1ccc(C)o1)C2. The van der Waals surface area contributed by atoms with Crippen LogP contribution in [0.15, 0.2) is 16.5 Å². The van der Waals surface area contributed by atoms with Crippen LogP contribution in [0.1, 0.15) is 72.3 Å². The van der Waals surface area contributed by atoms with E-state index < -0.39 is 0 Å². The summed E-state index contributed by atoms with van der Waals surface area (Å²) in [6.07, 6.45) is 7.56. The molecule has 152 valence electrons. The minimum absolute atomic E-state index is 0.132. The molecule has 6 heteroatoms. The van der Waals surface area contributed by atoms with E-state index in [2.05, 4.69) is 12.2 Å². The number of aryl methyl sites for hydroxylation is 2. The highest BCUT2D eigenvalue weighted by Crippen LogP contribution is 2.27. The Morgan fingerprint density at radius 2 is 2.04 bits per heavy atom. The average molecular weight is 385 g/mol. The Labute approximate surface area is 167 Å². The molecule has 1 N–H and O–H groups in total. The van der Waals surface area contributed by atoms with Crippen molar-refractivity contribution in [2.75, 3.05) is 13.1 Å². The van der Waals surface area contributed by atoms with E-state index in [0.29, 0.717) is 11.7 Å². The van der Waals surface area contributed by atoms with Crippen molar-refractivity contribution in [3.63, 3.8) is 0 Å². The highest BCUT2D eigenvalue weighted by Gasteiger charge is 2.31. The molecular weight excluding hydrogens is 352 g/mol. The number of aromatic nitrogens is 2. The van der Waals surface area contributed by atoms with Crippen LogP contribution < -0.4 is 5.32 Å². The Hall–Kier alpha value is -2.08. The van der Waals surface area contributed by atoms with Crippen molar-refractivity contribution in [2.24, 2.45) is 0 Å². The van der Waals surface area contributed by atoms with Gasteiger partial charge in [0.15, 0.2) is 5.69 Å². The predicted octanol–water partition coefficient (Wildman–Crippen LogP) is 3.47. The average Bonchev–Trinajstić information content (AvgIpc) is 3.17. The Morgan fingerprint density at radius 3 is 2.71 bits per heavy atom.